The lowest BCUT2D eigenvalue weighted by molar-refractivity contribution is 0.0952. The second-order valence-corrected chi connectivity index (χ2v) is 8.75. The molecule has 5 nitrogen and oxygen atoms in total. The van der Waals surface area contributed by atoms with Crippen molar-refractivity contribution in [3.8, 4) is 0 Å². The molecule has 2 aromatic rings. The third kappa shape index (κ3) is 5.41. The van der Waals surface area contributed by atoms with Crippen molar-refractivity contribution in [3.05, 3.63) is 65.7 Å². The van der Waals surface area contributed by atoms with Gasteiger partial charge in [-0.15, -0.1) is 0 Å². The maximum absolute atomic E-state index is 12.7. The van der Waals surface area contributed by atoms with Crippen molar-refractivity contribution in [1.82, 2.24) is 9.62 Å². The van der Waals surface area contributed by atoms with E-state index in [9.17, 15) is 13.2 Å². The fraction of sp³-hybridized carbons (Fsp3) is 0.350. The molecular weight excluding hydrogens is 348 g/mol. The Hall–Kier alpha value is -2.18. The predicted octanol–water partition coefficient (Wildman–Crippen LogP) is 3.28. The van der Waals surface area contributed by atoms with Crippen LogP contribution >= 0.6 is 0 Å². The number of nitrogens with zero attached hydrogens (tertiary/aromatic N) is 1. The third-order valence-corrected chi connectivity index (χ3v) is 5.90. The molecule has 2 rings (SSSR count). The van der Waals surface area contributed by atoms with Gasteiger partial charge in [0.25, 0.3) is 5.91 Å². The number of hydrogen-bond acceptors (Lipinski definition) is 3. The van der Waals surface area contributed by atoms with E-state index >= 15 is 0 Å². The highest BCUT2D eigenvalue weighted by molar-refractivity contribution is 7.89. The summed E-state index contributed by atoms with van der Waals surface area (Å²) in [5.74, 6) is 0.329. The van der Waals surface area contributed by atoms with E-state index in [0.717, 1.165) is 12.0 Å². The second-order valence-electron chi connectivity index (χ2n) is 6.71. The number of sulfonamides is 1. The van der Waals surface area contributed by atoms with Crippen LogP contribution in [0.25, 0.3) is 0 Å². The van der Waals surface area contributed by atoms with Crippen LogP contribution in [0.2, 0.25) is 0 Å². The Kier molecular flexibility index (Phi) is 6.94. The summed E-state index contributed by atoms with van der Waals surface area (Å²) >= 11 is 0. The van der Waals surface area contributed by atoms with Crippen LogP contribution in [0, 0.1) is 5.92 Å². The van der Waals surface area contributed by atoms with Crippen LogP contribution in [0.15, 0.2) is 59.5 Å². The van der Waals surface area contributed by atoms with Gasteiger partial charge in [-0.25, -0.2) is 8.42 Å². The molecule has 0 radical (unpaired) electrons. The average Bonchev–Trinajstić information content (AvgIpc) is 2.62. The smallest absolute Gasteiger partial charge is 0.251 e. The van der Waals surface area contributed by atoms with Gasteiger partial charge >= 0.3 is 0 Å². The van der Waals surface area contributed by atoms with Crippen LogP contribution in [0.5, 0.6) is 0 Å². The van der Waals surface area contributed by atoms with Crippen LogP contribution < -0.4 is 5.32 Å². The summed E-state index contributed by atoms with van der Waals surface area (Å²) in [6.07, 6.45) is 0.905. The first-order valence-corrected chi connectivity index (χ1v) is 10.1. The fourth-order valence-electron chi connectivity index (χ4n) is 2.46. The van der Waals surface area contributed by atoms with Gasteiger partial charge in [0.1, 0.15) is 0 Å². The van der Waals surface area contributed by atoms with Crippen LogP contribution in [-0.4, -0.2) is 32.2 Å². The highest BCUT2D eigenvalue weighted by Gasteiger charge is 2.21. The van der Waals surface area contributed by atoms with Gasteiger partial charge < -0.3 is 5.32 Å². The Bertz CT molecular complexity index is 816. The highest BCUT2D eigenvalue weighted by Crippen LogP contribution is 2.17. The minimum Gasteiger partial charge on any atom is -0.352 e. The molecule has 0 bridgehead atoms. The quantitative estimate of drug-likeness (QED) is 0.771. The number of nitrogens with one attached hydrogen (secondary N) is 1. The zero-order chi connectivity index (χ0) is 19.2. The van der Waals surface area contributed by atoms with Crippen LogP contribution in [0.1, 0.15) is 36.2 Å². The molecule has 0 aliphatic carbocycles. The molecule has 0 heterocycles. The highest BCUT2D eigenvalue weighted by atomic mass is 32.2. The second kappa shape index (κ2) is 8.96. The molecule has 0 atom stereocenters. The van der Waals surface area contributed by atoms with Gasteiger partial charge in [0, 0.05) is 25.7 Å². The molecular formula is C20H26N2O3S. The van der Waals surface area contributed by atoms with E-state index in [1.54, 1.807) is 19.2 Å². The molecule has 0 aliphatic rings. The van der Waals surface area contributed by atoms with Crippen LogP contribution in [0.3, 0.4) is 0 Å². The molecule has 0 saturated carbocycles. The zero-order valence-electron chi connectivity index (χ0n) is 15.5. The Balaban J connectivity index is 2.05. The molecule has 6 heteroatoms. The Morgan fingerprint density at radius 3 is 2.23 bits per heavy atom. The number of amides is 1. The number of benzene rings is 2. The minimum atomic E-state index is -3.61. The van der Waals surface area contributed by atoms with Gasteiger partial charge in [-0.2, -0.15) is 4.31 Å². The monoisotopic (exact) mass is 374 g/mol. The molecule has 26 heavy (non-hydrogen) atoms. The van der Waals surface area contributed by atoms with Gasteiger partial charge in [0.15, 0.2) is 0 Å². The number of carbonyl (C=O) groups is 1. The van der Waals surface area contributed by atoms with Gasteiger partial charge in [-0.05, 0) is 42.2 Å². The Morgan fingerprint density at radius 1 is 1.04 bits per heavy atom. The van der Waals surface area contributed by atoms with Crippen molar-refractivity contribution in [1.29, 1.82) is 0 Å². The largest absolute Gasteiger partial charge is 0.352 e. The number of rotatable bonds is 8. The standard InChI is InChI=1S/C20H26N2O3S/c1-16(2)13-14-21-20(23)18-9-11-19(12-10-18)26(24,25)22(3)15-17-7-5-4-6-8-17/h4-12,16H,13-15H2,1-3H3,(H,21,23). The molecule has 0 aromatic heterocycles. The molecule has 2 aromatic carbocycles. The summed E-state index contributed by atoms with van der Waals surface area (Å²) in [6.45, 7) is 5.09. The van der Waals surface area contributed by atoms with E-state index in [2.05, 4.69) is 19.2 Å². The molecule has 1 N–H and O–H groups in total. The zero-order valence-corrected chi connectivity index (χ0v) is 16.3. The molecule has 1 amide bonds. The molecule has 140 valence electrons. The van der Waals surface area contributed by atoms with E-state index in [4.69, 9.17) is 0 Å². The Labute approximate surface area is 156 Å². The molecule has 0 unspecified atom stereocenters. The normalized spacial score (nSPS) is 11.7. The van der Waals surface area contributed by atoms with Gasteiger partial charge in [-0.1, -0.05) is 44.2 Å². The number of hydrogen-bond donors (Lipinski definition) is 1. The van der Waals surface area contributed by atoms with E-state index in [0.29, 0.717) is 24.6 Å². The lowest BCUT2D eigenvalue weighted by Crippen LogP contribution is -2.27. The summed E-state index contributed by atoms with van der Waals surface area (Å²) in [5.41, 5.74) is 1.37. The predicted molar refractivity (Wildman–Crippen MR) is 103 cm³/mol. The SMILES string of the molecule is CC(C)CCNC(=O)c1ccc(S(=O)(=O)N(C)Cc2ccccc2)cc1. The van der Waals surface area contributed by atoms with Crippen LogP contribution in [0.4, 0.5) is 0 Å². The van der Waals surface area contributed by atoms with E-state index in [1.165, 1.54) is 16.4 Å². The van der Waals surface area contributed by atoms with E-state index in [-0.39, 0.29) is 10.8 Å². The summed E-state index contributed by atoms with van der Waals surface area (Å²) in [5, 5.41) is 2.85. The van der Waals surface area contributed by atoms with Gasteiger partial charge in [0.05, 0.1) is 4.90 Å². The van der Waals surface area contributed by atoms with Crippen LogP contribution in [-0.2, 0) is 16.6 Å². The maximum atomic E-state index is 12.7. The Morgan fingerprint density at radius 2 is 1.65 bits per heavy atom. The van der Waals surface area contributed by atoms with Gasteiger partial charge in [0.2, 0.25) is 10.0 Å². The molecule has 0 fully saturated rings. The first-order valence-electron chi connectivity index (χ1n) is 8.69. The number of carbonyl (C=O) groups excluding carboxylic acids is 1. The molecule has 0 spiro atoms. The maximum Gasteiger partial charge on any atom is 0.251 e. The molecule has 0 aliphatic heterocycles. The van der Waals surface area contributed by atoms with Crippen molar-refractivity contribution in [2.45, 2.75) is 31.7 Å². The van der Waals surface area contributed by atoms with Crippen molar-refractivity contribution in [3.63, 3.8) is 0 Å². The van der Waals surface area contributed by atoms with Crippen molar-refractivity contribution in [2.24, 2.45) is 5.92 Å². The first kappa shape index (κ1) is 20.1. The topological polar surface area (TPSA) is 66.5 Å². The summed E-state index contributed by atoms with van der Waals surface area (Å²) in [6, 6.07) is 15.5. The van der Waals surface area contributed by atoms with E-state index in [1.807, 2.05) is 30.3 Å². The molecule has 0 saturated heterocycles. The van der Waals surface area contributed by atoms with Crippen molar-refractivity contribution in [2.75, 3.05) is 13.6 Å². The average molecular weight is 375 g/mol. The van der Waals surface area contributed by atoms with E-state index < -0.39 is 10.0 Å². The summed E-state index contributed by atoms with van der Waals surface area (Å²) < 4.78 is 26.7. The fourth-order valence-corrected chi connectivity index (χ4v) is 3.62. The van der Waals surface area contributed by atoms with Crippen molar-refractivity contribution >= 4 is 15.9 Å². The lowest BCUT2D eigenvalue weighted by atomic mass is 10.1. The lowest BCUT2D eigenvalue weighted by Gasteiger charge is -2.17. The minimum absolute atomic E-state index is 0.176. The van der Waals surface area contributed by atoms with Gasteiger partial charge in [-0.3, -0.25) is 4.79 Å². The third-order valence-electron chi connectivity index (χ3n) is 4.08. The summed E-state index contributed by atoms with van der Waals surface area (Å²) in [4.78, 5) is 12.3. The summed E-state index contributed by atoms with van der Waals surface area (Å²) in [7, 11) is -2.06. The first-order chi connectivity index (χ1) is 12.3. The van der Waals surface area contributed by atoms with Crippen molar-refractivity contribution < 1.29 is 13.2 Å².